The van der Waals surface area contributed by atoms with Crippen LogP contribution in [0.3, 0.4) is 0 Å². The van der Waals surface area contributed by atoms with Gasteiger partial charge in [-0.15, -0.1) is 0 Å². The summed E-state index contributed by atoms with van der Waals surface area (Å²) in [6.07, 6.45) is 10.2. The third kappa shape index (κ3) is 1.63. The molecule has 2 N–H and O–H groups in total. The fourth-order valence-corrected chi connectivity index (χ4v) is 6.59. The van der Waals surface area contributed by atoms with Crippen molar-refractivity contribution in [3.63, 3.8) is 0 Å². The Morgan fingerprint density at radius 3 is 2.06 bits per heavy atom. The minimum Gasteiger partial charge on any atom is -0.328 e. The second-order valence-corrected chi connectivity index (χ2v) is 8.31. The maximum atomic E-state index is 6.10. The third-order valence-corrected chi connectivity index (χ3v) is 5.50. The SMILES string of the molecule is CC(N)CC12CC3CC(C)(CC(C)(C3)C1)C2. The molecule has 4 aliphatic carbocycles. The van der Waals surface area contributed by atoms with E-state index in [0.29, 0.717) is 22.3 Å². The van der Waals surface area contributed by atoms with Gasteiger partial charge in [0.1, 0.15) is 0 Å². The molecule has 0 heterocycles. The normalized spacial score (nSPS) is 56.6. The lowest BCUT2D eigenvalue weighted by molar-refractivity contribution is -0.148. The van der Waals surface area contributed by atoms with Crippen LogP contribution in [0.2, 0.25) is 0 Å². The Bertz CT molecular complexity index is 285. The van der Waals surface area contributed by atoms with Crippen LogP contribution in [-0.4, -0.2) is 6.04 Å². The predicted octanol–water partition coefficient (Wildman–Crippen LogP) is 3.72. The van der Waals surface area contributed by atoms with E-state index in [0.717, 1.165) is 5.92 Å². The molecule has 4 rings (SSSR count). The maximum absolute atomic E-state index is 6.10. The van der Waals surface area contributed by atoms with Crippen molar-refractivity contribution in [3.05, 3.63) is 0 Å². The van der Waals surface area contributed by atoms with E-state index in [1.54, 1.807) is 0 Å². The van der Waals surface area contributed by atoms with Crippen molar-refractivity contribution in [3.8, 4) is 0 Å². The van der Waals surface area contributed by atoms with Crippen LogP contribution >= 0.6 is 0 Å². The average Bonchev–Trinajstić information content (AvgIpc) is 1.91. The molecule has 16 heavy (non-hydrogen) atoms. The van der Waals surface area contributed by atoms with Gasteiger partial charge in [0.2, 0.25) is 0 Å². The molecule has 4 fully saturated rings. The van der Waals surface area contributed by atoms with Gasteiger partial charge in [-0.3, -0.25) is 0 Å². The molecule has 4 aliphatic rings. The molecule has 92 valence electrons. The van der Waals surface area contributed by atoms with E-state index in [-0.39, 0.29) is 0 Å². The van der Waals surface area contributed by atoms with Gasteiger partial charge in [-0.25, -0.2) is 0 Å². The van der Waals surface area contributed by atoms with Crippen molar-refractivity contribution in [1.82, 2.24) is 0 Å². The van der Waals surface area contributed by atoms with Crippen molar-refractivity contribution >= 4 is 0 Å². The van der Waals surface area contributed by atoms with Gasteiger partial charge in [0, 0.05) is 6.04 Å². The lowest BCUT2D eigenvalue weighted by Gasteiger charge is -2.66. The van der Waals surface area contributed by atoms with Gasteiger partial charge in [-0.05, 0) is 74.0 Å². The van der Waals surface area contributed by atoms with Crippen LogP contribution in [0, 0.1) is 22.2 Å². The second-order valence-electron chi connectivity index (χ2n) is 8.31. The molecule has 3 unspecified atom stereocenters. The molecule has 0 saturated heterocycles. The average molecular weight is 221 g/mol. The minimum atomic E-state index is 0.392. The van der Waals surface area contributed by atoms with E-state index in [1.807, 2.05) is 0 Å². The van der Waals surface area contributed by atoms with Gasteiger partial charge in [-0.2, -0.15) is 0 Å². The Balaban J connectivity index is 1.92. The summed E-state index contributed by atoms with van der Waals surface area (Å²) in [5.41, 5.74) is 8.03. The first-order valence-electron chi connectivity index (χ1n) is 7.08. The van der Waals surface area contributed by atoms with Crippen LogP contribution < -0.4 is 5.73 Å². The van der Waals surface area contributed by atoms with Gasteiger partial charge in [0.05, 0.1) is 0 Å². The molecule has 0 aliphatic heterocycles. The van der Waals surface area contributed by atoms with E-state index >= 15 is 0 Å². The van der Waals surface area contributed by atoms with E-state index in [1.165, 1.54) is 44.9 Å². The molecule has 3 atom stereocenters. The minimum absolute atomic E-state index is 0.392. The van der Waals surface area contributed by atoms with E-state index in [4.69, 9.17) is 5.73 Å². The fraction of sp³-hybridized carbons (Fsp3) is 1.00. The summed E-state index contributed by atoms with van der Waals surface area (Å²) in [6, 6.07) is 0.392. The van der Waals surface area contributed by atoms with Crippen LogP contribution in [0.25, 0.3) is 0 Å². The Morgan fingerprint density at radius 1 is 1.06 bits per heavy atom. The Hall–Kier alpha value is -0.0400. The first-order valence-corrected chi connectivity index (χ1v) is 7.08. The summed E-state index contributed by atoms with van der Waals surface area (Å²) in [6.45, 7) is 7.29. The van der Waals surface area contributed by atoms with Crippen molar-refractivity contribution < 1.29 is 0 Å². The van der Waals surface area contributed by atoms with Crippen LogP contribution in [-0.2, 0) is 0 Å². The lowest BCUT2D eigenvalue weighted by atomic mass is 9.39. The van der Waals surface area contributed by atoms with Gasteiger partial charge in [0.15, 0.2) is 0 Å². The van der Waals surface area contributed by atoms with E-state index < -0.39 is 0 Å². The maximum Gasteiger partial charge on any atom is 0.00157 e. The van der Waals surface area contributed by atoms with Crippen LogP contribution in [0.1, 0.15) is 65.7 Å². The largest absolute Gasteiger partial charge is 0.328 e. The summed E-state index contributed by atoms with van der Waals surface area (Å²) in [7, 11) is 0. The molecule has 0 aromatic heterocycles. The second kappa shape index (κ2) is 3.04. The van der Waals surface area contributed by atoms with E-state index in [9.17, 15) is 0 Å². The summed E-state index contributed by atoms with van der Waals surface area (Å²) in [4.78, 5) is 0. The third-order valence-electron chi connectivity index (χ3n) is 5.50. The van der Waals surface area contributed by atoms with Crippen molar-refractivity contribution in [2.75, 3.05) is 0 Å². The molecule has 0 aromatic rings. The molecular weight excluding hydrogens is 194 g/mol. The fourth-order valence-electron chi connectivity index (χ4n) is 6.59. The molecule has 0 amide bonds. The van der Waals surface area contributed by atoms with Crippen LogP contribution in [0.5, 0.6) is 0 Å². The highest BCUT2D eigenvalue weighted by Crippen LogP contribution is 2.70. The Kier molecular flexibility index (Phi) is 2.11. The molecule has 0 radical (unpaired) electrons. The highest BCUT2D eigenvalue weighted by atomic mass is 14.7. The standard InChI is InChI=1S/C15H27N/c1-11(16)4-15-7-12-5-13(2,9-15)8-14(3,6-12)10-15/h11-12H,4-10,16H2,1-3H3. The van der Waals surface area contributed by atoms with Crippen molar-refractivity contribution in [2.24, 2.45) is 27.9 Å². The number of hydrogen-bond acceptors (Lipinski definition) is 1. The van der Waals surface area contributed by atoms with Crippen LogP contribution in [0.15, 0.2) is 0 Å². The first kappa shape index (κ1) is 11.1. The number of nitrogens with two attached hydrogens (primary N) is 1. The first-order chi connectivity index (χ1) is 7.32. The summed E-state index contributed by atoms with van der Waals surface area (Å²) < 4.78 is 0. The Morgan fingerprint density at radius 2 is 1.62 bits per heavy atom. The van der Waals surface area contributed by atoms with E-state index in [2.05, 4.69) is 20.8 Å². The molecule has 0 aromatic carbocycles. The Labute approximate surface area is 100 Å². The highest BCUT2D eigenvalue weighted by Gasteiger charge is 2.59. The van der Waals surface area contributed by atoms with Gasteiger partial charge < -0.3 is 5.73 Å². The summed E-state index contributed by atoms with van der Waals surface area (Å²) >= 11 is 0. The zero-order chi connectivity index (χ0) is 11.6. The van der Waals surface area contributed by atoms with Gasteiger partial charge >= 0.3 is 0 Å². The topological polar surface area (TPSA) is 26.0 Å². The van der Waals surface area contributed by atoms with Gasteiger partial charge in [0.25, 0.3) is 0 Å². The summed E-state index contributed by atoms with van der Waals surface area (Å²) in [5, 5.41) is 0. The van der Waals surface area contributed by atoms with Crippen molar-refractivity contribution in [1.29, 1.82) is 0 Å². The molecule has 1 nitrogen and oxygen atoms in total. The van der Waals surface area contributed by atoms with Crippen molar-refractivity contribution in [2.45, 2.75) is 71.8 Å². The zero-order valence-corrected chi connectivity index (χ0v) is 11.2. The molecule has 4 saturated carbocycles. The van der Waals surface area contributed by atoms with Gasteiger partial charge in [-0.1, -0.05) is 13.8 Å². The number of hydrogen-bond donors (Lipinski definition) is 1. The molecule has 4 bridgehead atoms. The molecular formula is C15H27N. The number of rotatable bonds is 2. The highest BCUT2D eigenvalue weighted by molar-refractivity contribution is 5.10. The lowest BCUT2D eigenvalue weighted by Crippen LogP contribution is -2.55. The van der Waals surface area contributed by atoms with Crippen LogP contribution in [0.4, 0.5) is 0 Å². The molecule has 1 heteroatoms. The zero-order valence-electron chi connectivity index (χ0n) is 11.2. The predicted molar refractivity (Wildman–Crippen MR) is 68.1 cm³/mol. The quantitative estimate of drug-likeness (QED) is 0.755. The molecule has 0 spiro atoms. The summed E-state index contributed by atoms with van der Waals surface area (Å²) in [5.74, 6) is 1.02. The smallest absolute Gasteiger partial charge is 0.00157 e. The monoisotopic (exact) mass is 221 g/mol.